The second kappa shape index (κ2) is 13.4. The van der Waals surface area contributed by atoms with Crippen molar-refractivity contribution in [3.8, 4) is 44.7 Å². The molecule has 2 heteroatoms. The molecule has 0 amide bonds. The SMILES string of the molecule is c1ccc(-c2ccc(N(c3ccc(-c4ccc5c(ccc6ccccc65)c4)cc3)c3ccc(-c4ccccc4-c4cc5ccccc5o4)cc3)cc2)cc1. The molecule has 9 aromatic carbocycles. The standard InChI is InChI=1S/C52H35NO/c1-2-10-36(11-3-1)37-20-27-44(28-21-37)53(45-29-22-38(23-30-45)41-26-33-49-42(34-41)19-18-39-12-4-6-14-47(39)49)46-31-24-40(25-32-46)48-15-7-8-16-50(48)52-35-43-13-5-9-17-51(43)54-52/h1-35H. The topological polar surface area (TPSA) is 16.4 Å². The first-order valence-electron chi connectivity index (χ1n) is 18.4. The number of rotatable bonds is 7. The highest BCUT2D eigenvalue weighted by Crippen LogP contribution is 2.40. The molecule has 0 fully saturated rings. The van der Waals surface area contributed by atoms with E-state index in [9.17, 15) is 0 Å². The third-order valence-corrected chi connectivity index (χ3v) is 10.5. The smallest absolute Gasteiger partial charge is 0.136 e. The summed E-state index contributed by atoms with van der Waals surface area (Å²) in [4.78, 5) is 2.33. The lowest BCUT2D eigenvalue weighted by Gasteiger charge is -2.26. The second-order valence-corrected chi connectivity index (χ2v) is 13.8. The molecular formula is C52H35NO. The summed E-state index contributed by atoms with van der Waals surface area (Å²) in [6.45, 7) is 0. The predicted molar refractivity (Wildman–Crippen MR) is 228 cm³/mol. The van der Waals surface area contributed by atoms with Crippen molar-refractivity contribution < 1.29 is 4.42 Å². The number of para-hydroxylation sites is 1. The number of nitrogens with zero attached hydrogens (tertiary/aromatic N) is 1. The molecule has 10 rings (SSSR count). The number of hydrogen-bond donors (Lipinski definition) is 0. The van der Waals surface area contributed by atoms with Crippen LogP contribution in [0.25, 0.3) is 77.2 Å². The van der Waals surface area contributed by atoms with Gasteiger partial charge in [0, 0.05) is 28.0 Å². The van der Waals surface area contributed by atoms with Gasteiger partial charge in [-0.05, 0) is 110 Å². The first kappa shape index (κ1) is 31.6. The van der Waals surface area contributed by atoms with Gasteiger partial charge in [0.2, 0.25) is 0 Å². The Morgan fingerprint density at radius 3 is 1.50 bits per heavy atom. The zero-order valence-corrected chi connectivity index (χ0v) is 29.6. The molecule has 254 valence electrons. The first-order chi connectivity index (χ1) is 26.7. The van der Waals surface area contributed by atoms with Gasteiger partial charge in [-0.2, -0.15) is 0 Å². The van der Waals surface area contributed by atoms with Crippen LogP contribution in [0.15, 0.2) is 217 Å². The van der Waals surface area contributed by atoms with Gasteiger partial charge in [-0.15, -0.1) is 0 Å². The molecule has 0 unspecified atom stereocenters. The summed E-state index contributed by atoms with van der Waals surface area (Å²) in [7, 11) is 0. The molecule has 0 aliphatic rings. The Bertz CT molecular complexity index is 2870. The minimum absolute atomic E-state index is 0.871. The molecule has 10 aromatic rings. The van der Waals surface area contributed by atoms with Gasteiger partial charge in [0.05, 0.1) is 0 Å². The molecule has 0 atom stereocenters. The van der Waals surface area contributed by atoms with Gasteiger partial charge in [-0.1, -0.05) is 158 Å². The number of benzene rings is 9. The van der Waals surface area contributed by atoms with E-state index in [4.69, 9.17) is 4.42 Å². The van der Waals surface area contributed by atoms with Crippen LogP contribution < -0.4 is 4.90 Å². The highest BCUT2D eigenvalue weighted by molar-refractivity contribution is 6.08. The first-order valence-corrected chi connectivity index (χ1v) is 18.4. The lowest BCUT2D eigenvalue weighted by molar-refractivity contribution is 0.632. The van der Waals surface area contributed by atoms with E-state index in [0.717, 1.165) is 50.5 Å². The van der Waals surface area contributed by atoms with Crippen LogP contribution in [0, 0.1) is 0 Å². The maximum Gasteiger partial charge on any atom is 0.136 e. The highest BCUT2D eigenvalue weighted by atomic mass is 16.3. The summed E-state index contributed by atoms with van der Waals surface area (Å²) in [6.07, 6.45) is 0. The van der Waals surface area contributed by atoms with E-state index in [2.05, 4.69) is 199 Å². The van der Waals surface area contributed by atoms with Crippen molar-refractivity contribution in [3.63, 3.8) is 0 Å². The highest BCUT2D eigenvalue weighted by Gasteiger charge is 2.16. The lowest BCUT2D eigenvalue weighted by atomic mass is 9.97. The van der Waals surface area contributed by atoms with Crippen LogP contribution in [0.4, 0.5) is 17.1 Å². The van der Waals surface area contributed by atoms with E-state index in [0.29, 0.717) is 0 Å². The van der Waals surface area contributed by atoms with Crippen LogP contribution >= 0.6 is 0 Å². The Labute approximate surface area is 314 Å². The van der Waals surface area contributed by atoms with Gasteiger partial charge in [0.25, 0.3) is 0 Å². The average molecular weight is 690 g/mol. The third kappa shape index (κ3) is 5.81. The summed E-state index contributed by atoms with van der Waals surface area (Å²) >= 11 is 0. The molecule has 54 heavy (non-hydrogen) atoms. The molecule has 0 aliphatic carbocycles. The van der Waals surface area contributed by atoms with Gasteiger partial charge in [-0.3, -0.25) is 0 Å². The van der Waals surface area contributed by atoms with Crippen molar-refractivity contribution in [2.24, 2.45) is 0 Å². The fraction of sp³-hybridized carbons (Fsp3) is 0. The maximum atomic E-state index is 6.31. The van der Waals surface area contributed by atoms with Crippen LogP contribution in [0.5, 0.6) is 0 Å². The number of furan rings is 1. The summed E-state index contributed by atoms with van der Waals surface area (Å²) in [5.41, 5.74) is 12.3. The number of hydrogen-bond acceptors (Lipinski definition) is 2. The van der Waals surface area contributed by atoms with Crippen LogP contribution in [0.2, 0.25) is 0 Å². The molecule has 2 nitrogen and oxygen atoms in total. The van der Waals surface area contributed by atoms with Gasteiger partial charge >= 0.3 is 0 Å². The maximum absolute atomic E-state index is 6.31. The normalized spacial score (nSPS) is 11.3. The molecule has 1 aromatic heterocycles. The van der Waals surface area contributed by atoms with Crippen molar-refractivity contribution in [1.29, 1.82) is 0 Å². The Morgan fingerprint density at radius 2 is 0.796 bits per heavy atom. The molecule has 0 spiro atoms. The number of anilines is 3. The van der Waals surface area contributed by atoms with Gasteiger partial charge in [0.1, 0.15) is 11.3 Å². The van der Waals surface area contributed by atoms with E-state index < -0.39 is 0 Å². The summed E-state index contributed by atoms with van der Waals surface area (Å²) in [5.74, 6) is 0.871. The summed E-state index contributed by atoms with van der Waals surface area (Å²) in [5, 5.41) is 6.18. The minimum atomic E-state index is 0.871. The molecule has 0 bridgehead atoms. The molecule has 0 saturated carbocycles. The van der Waals surface area contributed by atoms with Gasteiger partial charge in [-0.25, -0.2) is 0 Å². The van der Waals surface area contributed by atoms with E-state index in [1.807, 2.05) is 18.2 Å². The van der Waals surface area contributed by atoms with Crippen molar-refractivity contribution in [1.82, 2.24) is 0 Å². The Kier molecular flexibility index (Phi) is 7.85. The van der Waals surface area contributed by atoms with E-state index in [-0.39, 0.29) is 0 Å². The molecule has 1 heterocycles. The lowest BCUT2D eigenvalue weighted by Crippen LogP contribution is -2.09. The predicted octanol–water partition coefficient (Wildman–Crippen LogP) is 14.9. The molecule has 0 N–H and O–H groups in total. The van der Waals surface area contributed by atoms with Gasteiger partial charge in [0.15, 0.2) is 0 Å². The second-order valence-electron chi connectivity index (χ2n) is 13.8. The zero-order chi connectivity index (χ0) is 35.8. The Hall–Kier alpha value is -7.16. The van der Waals surface area contributed by atoms with Crippen molar-refractivity contribution in [2.75, 3.05) is 4.90 Å². The fourth-order valence-electron chi connectivity index (χ4n) is 7.73. The number of fused-ring (bicyclic) bond motifs is 4. The Morgan fingerprint density at radius 1 is 0.296 bits per heavy atom. The van der Waals surface area contributed by atoms with Crippen LogP contribution in [-0.2, 0) is 0 Å². The summed E-state index contributed by atoms with van der Waals surface area (Å²) in [6, 6.07) is 75.8. The monoisotopic (exact) mass is 689 g/mol. The molecular weight excluding hydrogens is 655 g/mol. The van der Waals surface area contributed by atoms with Crippen molar-refractivity contribution in [3.05, 3.63) is 212 Å². The van der Waals surface area contributed by atoms with Crippen molar-refractivity contribution in [2.45, 2.75) is 0 Å². The summed E-state index contributed by atoms with van der Waals surface area (Å²) < 4.78 is 6.31. The van der Waals surface area contributed by atoms with Crippen LogP contribution in [0.3, 0.4) is 0 Å². The average Bonchev–Trinajstić information content (AvgIpc) is 3.69. The largest absolute Gasteiger partial charge is 0.456 e. The van der Waals surface area contributed by atoms with E-state index in [1.54, 1.807) is 0 Å². The van der Waals surface area contributed by atoms with E-state index >= 15 is 0 Å². The zero-order valence-electron chi connectivity index (χ0n) is 29.6. The van der Waals surface area contributed by atoms with Gasteiger partial charge < -0.3 is 9.32 Å². The minimum Gasteiger partial charge on any atom is -0.456 e. The van der Waals surface area contributed by atoms with Crippen LogP contribution in [-0.4, -0.2) is 0 Å². The fourth-order valence-corrected chi connectivity index (χ4v) is 7.73. The quantitative estimate of drug-likeness (QED) is 0.155. The van der Waals surface area contributed by atoms with Crippen molar-refractivity contribution >= 4 is 49.6 Å². The van der Waals surface area contributed by atoms with Crippen LogP contribution in [0.1, 0.15) is 0 Å². The molecule has 0 radical (unpaired) electrons. The Balaban J connectivity index is 1.02. The molecule has 0 saturated heterocycles. The van der Waals surface area contributed by atoms with E-state index in [1.165, 1.54) is 43.8 Å². The third-order valence-electron chi connectivity index (χ3n) is 10.5. The molecule has 0 aliphatic heterocycles.